The van der Waals surface area contributed by atoms with Gasteiger partial charge in [-0.25, -0.2) is 9.97 Å². The molecule has 0 aliphatic carbocycles. The van der Waals surface area contributed by atoms with Gasteiger partial charge in [0.15, 0.2) is 5.65 Å². The lowest BCUT2D eigenvalue weighted by Gasteiger charge is -2.28. The molecule has 2 aliphatic rings. The monoisotopic (exact) mass is 478 g/mol. The topological polar surface area (TPSA) is 82.8 Å². The van der Waals surface area contributed by atoms with E-state index in [4.69, 9.17) is 9.72 Å². The predicted octanol–water partition coefficient (Wildman–Crippen LogP) is 2.96. The van der Waals surface area contributed by atoms with Crippen LogP contribution in [0.5, 0.6) is 5.88 Å². The van der Waals surface area contributed by atoms with Crippen molar-refractivity contribution in [2.45, 2.75) is 45.6 Å². The molecule has 0 bridgehead atoms. The van der Waals surface area contributed by atoms with Gasteiger partial charge in [-0.1, -0.05) is 13.0 Å². The Morgan fingerprint density at radius 1 is 1.06 bits per heavy atom. The third-order valence-corrected chi connectivity index (χ3v) is 6.94. The molecule has 2 N–H and O–H groups in total. The first-order chi connectivity index (χ1) is 17.3. The zero-order valence-electron chi connectivity index (χ0n) is 20.9. The molecule has 2 fully saturated rings. The Hall–Kier alpha value is -2.91. The summed E-state index contributed by atoms with van der Waals surface area (Å²) in [5.74, 6) is 2.69. The van der Waals surface area contributed by atoms with Gasteiger partial charge >= 0.3 is 0 Å². The molecule has 0 saturated carbocycles. The highest BCUT2D eigenvalue weighted by Gasteiger charge is 2.17. The minimum atomic E-state index is 0.663. The van der Waals surface area contributed by atoms with Crippen molar-refractivity contribution in [1.82, 2.24) is 29.8 Å². The van der Waals surface area contributed by atoms with Crippen molar-refractivity contribution in [1.29, 1.82) is 0 Å². The summed E-state index contributed by atoms with van der Waals surface area (Å²) in [6.07, 6.45) is 9.52. The molecule has 5 heterocycles. The molecule has 9 heteroatoms. The van der Waals surface area contributed by atoms with Crippen molar-refractivity contribution < 1.29 is 4.74 Å². The van der Waals surface area contributed by atoms with Gasteiger partial charge in [0.25, 0.3) is 0 Å². The first-order valence-electron chi connectivity index (χ1n) is 13.2. The summed E-state index contributed by atoms with van der Waals surface area (Å²) >= 11 is 0. The van der Waals surface area contributed by atoms with Gasteiger partial charge in [0.2, 0.25) is 5.88 Å². The second kappa shape index (κ2) is 11.7. The van der Waals surface area contributed by atoms with Gasteiger partial charge in [0.05, 0.1) is 12.8 Å². The Kier molecular flexibility index (Phi) is 7.95. The maximum Gasteiger partial charge on any atom is 0.213 e. The Morgan fingerprint density at radius 3 is 2.69 bits per heavy atom. The van der Waals surface area contributed by atoms with Gasteiger partial charge in [0.1, 0.15) is 11.6 Å². The average molecular weight is 479 g/mol. The summed E-state index contributed by atoms with van der Waals surface area (Å²) in [5, 5.41) is 11.6. The summed E-state index contributed by atoms with van der Waals surface area (Å²) in [6.45, 7) is 11.2. The van der Waals surface area contributed by atoms with E-state index in [-0.39, 0.29) is 0 Å². The molecule has 2 saturated heterocycles. The summed E-state index contributed by atoms with van der Waals surface area (Å²) in [7, 11) is 0. The van der Waals surface area contributed by atoms with Crippen molar-refractivity contribution in [3.63, 3.8) is 0 Å². The van der Waals surface area contributed by atoms with Gasteiger partial charge in [-0.2, -0.15) is 9.61 Å². The number of anilines is 2. The first kappa shape index (κ1) is 23.8. The van der Waals surface area contributed by atoms with Crippen LogP contribution in [0.15, 0.2) is 30.6 Å². The molecule has 0 aromatic carbocycles. The van der Waals surface area contributed by atoms with Crippen molar-refractivity contribution >= 4 is 17.3 Å². The summed E-state index contributed by atoms with van der Waals surface area (Å²) in [6, 6.07) is 6.18. The zero-order valence-corrected chi connectivity index (χ0v) is 20.9. The molecule has 0 radical (unpaired) electrons. The second-order valence-corrected chi connectivity index (χ2v) is 9.46. The zero-order chi connectivity index (χ0) is 23.9. The number of pyridine rings is 1. The molecule has 3 aromatic heterocycles. The van der Waals surface area contributed by atoms with Crippen LogP contribution >= 0.6 is 0 Å². The van der Waals surface area contributed by atoms with E-state index >= 15 is 0 Å². The van der Waals surface area contributed by atoms with Gasteiger partial charge in [0, 0.05) is 76.3 Å². The van der Waals surface area contributed by atoms with Crippen LogP contribution in [0.4, 0.5) is 11.6 Å². The lowest BCUT2D eigenvalue weighted by Crippen LogP contribution is -2.43. The van der Waals surface area contributed by atoms with Gasteiger partial charge in [-0.05, 0) is 37.7 Å². The summed E-state index contributed by atoms with van der Waals surface area (Å²) < 4.78 is 7.79. The van der Waals surface area contributed by atoms with Crippen molar-refractivity contribution in [2.24, 2.45) is 0 Å². The highest BCUT2D eigenvalue weighted by atomic mass is 16.5. The van der Waals surface area contributed by atoms with Crippen LogP contribution in [0, 0.1) is 0 Å². The number of nitrogens with one attached hydrogen (secondary N) is 2. The minimum Gasteiger partial charge on any atom is -0.478 e. The number of nitrogens with zero attached hydrogens (tertiary/aromatic N) is 6. The van der Waals surface area contributed by atoms with E-state index < -0.39 is 0 Å². The van der Waals surface area contributed by atoms with E-state index in [1.54, 1.807) is 0 Å². The van der Waals surface area contributed by atoms with E-state index in [2.05, 4.69) is 49.6 Å². The van der Waals surface area contributed by atoms with Gasteiger partial charge < -0.3 is 25.2 Å². The number of ether oxygens (including phenoxy) is 1. The van der Waals surface area contributed by atoms with E-state index in [9.17, 15) is 0 Å². The number of piperidine rings is 1. The lowest BCUT2D eigenvalue weighted by molar-refractivity contribution is 0.211. The van der Waals surface area contributed by atoms with Crippen LogP contribution < -0.4 is 20.3 Å². The number of fused-ring (bicyclic) bond motifs is 1. The third kappa shape index (κ3) is 6.02. The Labute approximate surface area is 207 Å². The molecular formula is C26H38N8O. The fourth-order valence-electron chi connectivity index (χ4n) is 4.85. The van der Waals surface area contributed by atoms with Crippen molar-refractivity contribution in [3.05, 3.63) is 41.7 Å². The Bertz CT molecular complexity index is 1070. The van der Waals surface area contributed by atoms with Crippen LogP contribution in [-0.2, 0) is 13.0 Å². The van der Waals surface area contributed by atoms with Crippen LogP contribution in [0.1, 0.15) is 43.7 Å². The molecule has 3 aromatic rings. The van der Waals surface area contributed by atoms with Crippen molar-refractivity contribution in [2.75, 3.05) is 62.6 Å². The van der Waals surface area contributed by atoms with E-state index in [0.717, 1.165) is 81.5 Å². The molecule has 0 spiro atoms. The number of hydrogen-bond acceptors (Lipinski definition) is 8. The molecule has 9 nitrogen and oxygen atoms in total. The van der Waals surface area contributed by atoms with Crippen molar-refractivity contribution in [3.8, 4) is 5.88 Å². The number of aromatic nitrogens is 4. The Morgan fingerprint density at radius 2 is 1.91 bits per heavy atom. The quantitative estimate of drug-likeness (QED) is 0.431. The normalized spacial score (nSPS) is 17.1. The molecule has 188 valence electrons. The highest BCUT2D eigenvalue weighted by Crippen LogP contribution is 2.25. The van der Waals surface area contributed by atoms with Gasteiger partial charge in [-0.15, -0.1) is 0 Å². The predicted molar refractivity (Wildman–Crippen MR) is 139 cm³/mol. The second-order valence-electron chi connectivity index (χ2n) is 9.46. The molecule has 0 unspecified atom stereocenters. The smallest absolute Gasteiger partial charge is 0.213 e. The van der Waals surface area contributed by atoms with Crippen LogP contribution in [0.2, 0.25) is 0 Å². The number of aryl methyl sites for hydroxylation is 1. The molecule has 2 aliphatic heterocycles. The fourth-order valence-corrected chi connectivity index (χ4v) is 4.85. The van der Waals surface area contributed by atoms with E-state index in [1.165, 1.54) is 24.8 Å². The molecular weight excluding hydrogens is 440 g/mol. The SMILES string of the molecule is CCc1cnn2c(NCc3ccc(OCCCN4CCNCC4)nc3)cc(N3CCCCC3)nc12. The first-order valence-corrected chi connectivity index (χ1v) is 13.2. The minimum absolute atomic E-state index is 0.663. The van der Waals surface area contributed by atoms with Crippen LogP contribution in [-0.4, -0.2) is 76.9 Å². The van der Waals surface area contributed by atoms with Crippen LogP contribution in [0.3, 0.4) is 0 Å². The molecule has 0 amide bonds. The Balaban J connectivity index is 1.19. The summed E-state index contributed by atoms with van der Waals surface area (Å²) in [4.78, 5) is 14.4. The number of piperazine rings is 1. The lowest BCUT2D eigenvalue weighted by atomic mass is 10.1. The van der Waals surface area contributed by atoms with E-state index in [0.29, 0.717) is 19.0 Å². The maximum atomic E-state index is 5.87. The molecule has 5 rings (SSSR count). The molecule has 0 atom stereocenters. The van der Waals surface area contributed by atoms with E-state index in [1.807, 2.05) is 23.0 Å². The summed E-state index contributed by atoms with van der Waals surface area (Å²) in [5.41, 5.74) is 3.22. The third-order valence-electron chi connectivity index (χ3n) is 6.94. The standard InChI is InChI=1S/C26H38N8O/c1-2-22-20-30-34-23(17-24(31-26(22)34)33-12-4-3-5-13-33)28-18-21-7-8-25(29-19-21)35-16-6-11-32-14-9-27-10-15-32/h7-8,17,19-20,27-28H,2-6,9-16,18H2,1H3. The molecule has 35 heavy (non-hydrogen) atoms. The van der Waals surface area contributed by atoms with Crippen LogP contribution in [0.25, 0.3) is 5.65 Å². The van der Waals surface area contributed by atoms with Gasteiger partial charge in [-0.3, -0.25) is 0 Å². The average Bonchev–Trinajstić information content (AvgIpc) is 3.35. The largest absolute Gasteiger partial charge is 0.478 e. The maximum absolute atomic E-state index is 5.87. The number of hydrogen-bond donors (Lipinski definition) is 2. The number of rotatable bonds is 10. The highest BCUT2D eigenvalue weighted by molar-refractivity contribution is 5.61. The fraction of sp³-hybridized carbons (Fsp3) is 0.577.